The third kappa shape index (κ3) is 3.30. The lowest BCUT2D eigenvalue weighted by molar-refractivity contribution is 1.17. The van der Waals surface area contributed by atoms with E-state index in [1.807, 2.05) is 24.2 Å². The van der Waals surface area contributed by atoms with Crippen LogP contribution in [-0.2, 0) is 0 Å². The predicted molar refractivity (Wildman–Crippen MR) is 172 cm³/mol. The largest absolute Gasteiger partial charge is 0.306 e. The van der Waals surface area contributed by atoms with Crippen LogP contribution in [0.2, 0.25) is 0 Å². The number of anilines is 3. The van der Waals surface area contributed by atoms with Crippen molar-refractivity contribution >= 4 is 73.7 Å². The van der Waals surface area contributed by atoms with Crippen LogP contribution in [0.5, 0.6) is 0 Å². The summed E-state index contributed by atoms with van der Waals surface area (Å²) in [4.78, 5) is 14.7. The summed E-state index contributed by atoms with van der Waals surface area (Å²) < 4.78 is 0. The Hall–Kier alpha value is -4.87. The zero-order chi connectivity index (χ0) is 26.9. The molecule has 0 aliphatic carbocycles. The molecule has 5 aromatic carbocycles. The Balaban J connectivity index is 1.33. The van der Waals surface area contributed by atoms with Crippen molar-refractivity contribution in [3.63, 3.8) is 0 Å². The second kappa shape index (κ2) is 8.82. The first-order chi connectivity index (χ1) is 20.4. The molecule has 0 spiro atoms. The van der Waals surface area contributed by atoms with Crippen molar-refractivity contribution in [2.75, 3.05) is 4.90 Å². The molecule has 190 valence electrons. The maximum absolute atomic E-state index is 5.05. The highest BCUT2D eigenvalue weighted by molar-refractivity contribution is 7.99. The van der Waals surface area contributed by atoms with Crippen molar-refractivity contribution < 1.29 is 0 Å². The average molecular weight is 539 g/mol. The number of para-hydroxylation sites is 2. The first kappa shape index (κ1) is 22.9. The molecule has 2 aliphatic rings. The van der Waals surface area contributed by atoms with E-state index in [0.717, 1.165) is 16.7 Å². The molecule has 0 N–H and O–H groups in total. The van der Waals surface area contributed by atoms with Crippen LogP contribution in [0.1, 0.15) is 0 Å². The lowest BCUT2D eigenvalue weighted by Crippen LogP contribution is -2.55. The van der Waals surface area contributed by atoms with Crippen LogP contribution in [-0.4, -0.2) is 16.7 Å². The van der Waals surface area contributed by atoms with Crippen molar-refractivity contribution in [1.29, 1.82) is 0 Å². The molecular weight excluding hydrogens is 517 g/mol. The molecule has 41 heavy (non-hydrogen) atoms. The molecule has 0 bridgehead atoms. The molecule has 3 nitrogen and oxygen atoms in total. The zero-order valence-electron chi connectivity index (χ0n) is 22.0. The highest BCUT2D eigenvalue weighted by Gasteiger charge is 2.34. The van der Waals surface area contributed by atoms with Crippen LogP contribution in [0.3, 0.4) is 0 Å². The van der Waals surface area contributed by atoms with Gasteiger partial charge in [0.05, 0.1) is 28.1 Å². The molecule has 0 saturated carbocycles. The second-order valence-corrected chi connectivity index (χ2v) is 11.7. The highest BCUT2D eigenvalue weighted by atomic mass is 32.2. The lowest BCUT2D eigenvalue weighted by Gasteiger charge is -2.34. The number of aromatic nitrogens is 2. The quantitative estimate of drug-likeness (QED) is 0.217. The first-order valence-electron chi connectivity index (χ1n) is 13.9. The number of hydrogen-bond acceptors (Lipinski definition) is 4. The Morgan fingerprint density at radius 2 is 1.27 bits per heavy atom. The lowest BCUT2D eigenvalue weighted by atomic mass is 9.33. The van der Waals surface area contributed by atoms with Gasteiger partial charge in [0.15, 0.2) is 0 Å². The van der Waals surface area contributed by atoms with E-state index in [-0.39, 0.29) is 6.71 Å². The van der Waals surface area contributed by atoms with Gasteiger partial charge in [0.2, 0.25) is 6.71 Å². The van der Waals surface area contributed by atoms with Crippen molar-refractivity contribution in [2.45, 2.75) is 9.79 Å². The van der Waals surface area contributed by atoms with Gasteiger partial charge in [-0.15, -0.1) is 0 Å². The van der Waals surface area contributed by atoms with Crippen LogP contribution < -0.4 is 21.3 Å². The van der Waals surface area contributed by atoms with E-state index in [0.29, 0.717) is 0 Å². The standard InChI is InChI=1S/C36H22BN3S/c1-2-11-26-23(9-1)24-20-22-38-29-13-7-12-28(35(24)29)37(26)27-18-19-32(36-25(27)10-8-21-39-36)40-30-14-3-5-16-33(30)41-34-17-6-4-15-31(34)40/h1-22H. The van der Waals surface area contributed by atoms with Crippen LogP contribution in [0.25, 0.3) is 32.9 Å². The summed E-state index contributed by atoms with van der Waals surface area (Å²) in [5.41, 5.74) is 11.9. The molecule has 0 amide bonds. The molecule has 2 aliphatic heterocycles. The van der Waals surface area contributed by atoms with Gasteiger partial charge in [0.1, 0.15) is 0 Å². The van der Waals surface area contributed by atoms with Crippen LogP contribution in [0.15, 0.2) is 144 Å². The Kier molecular flexibility index (Phi) is 4.93. The third-order valence-electron chi connectivity index (χ3n) is 8.44. The van der Waals surface area contributed by atoms with Gasteiger partial charge < -0.3 is 4.90 Å². The molecule has 2 aromatic heterocycles. The second-order valence-electron chi connectivity index (χ2n) is 10.6. The molecule has 9 rings (SSSR count). The normalized spacial score (nSPS) is 13.2. The molecule has 4 heterocycles. The molecule has 7 aromatic rings. The number of nitrogens with zero attached hydrogens (tertiary/aromatic N) is 3. The summed E-state index contributed by atoms with van der Waals surface area (Å²) in [6.45, 7) is 0.0730. The smallest absolute Gasteiger partial charge is 0.243 e. The van der Waals surface area contributed by atoms with Gasteiger partial charge in [0, 0.05) is 27.6 Å². The molecule has 5 heteroatoms. The van der Waals surface area contributed by atoms with Gasteiger partial charge in [-0.05, 0) is 65.0 Å². The first-order valence-corrected chi connectivity index (χ1v) is 14.7. The van der Waals surface area contributed by atoms with Gasteiger partial charge >= 0.3 is 0 Å². The predicted octanol–water partition coefficient (Wildman–Crippen LogP) is 7.21. The molecule has 0 atom stereocenters. The fourth-order valence-corrected chi connectivity index (χ4v) is 7.83. The van der Waals surface area contributed by atoms with Crippen molar-refractivity contribution in [3.05, 3.63) is 134 Å². The fraction of sp³-hybridized carbons (Fsp3) is 0. The van der Waals surface area contributed by atoms with Crippen molar-refractivity contribution in [3.8, 4) is 11.1 Å². The van der Waals surface area contributed by atoms with E-state index >= 15 is 0 Å². The summed E-state index contributed by atoms with van der Waals surface area (Å²) in [5, 5.41) is 2.41. The molecule has 0 fully saturated rings. The van der Waals surface area contributed by atoms with Gasteiger partial charge in [-0.25, -0.2) is 0 Å². The molecule has 0 unspecified atom stereocenters. The minimum Gasteiger partial charge on any atom is -0.306 e. The average Bonchev–Trinajstić information content (AvgIpc) is 3.04. The Labute approximate surface area is 242 Å². The van der Waals surface area contributed by atoms with Crippen molar-refractivity contribution in [1.82, 2.24) is 9.97 Å². The Bertz CT molecular complexity index is 2120. The van der Waals surface area contributed by atoms with Gasteiger partial charge in [-0.3, -0.25) is 9.97 Å². The van der Waals surface area contributed by atoms with Gasteiger partial charge in [-0.2, -0.15) is 0 Å². The van der Waals surface area contributed by atoms with Gasteiger partial charge in [0.25, 0.3) is 0 Å². The summed E-state index contributed by atoms with van der Waals surface area (Å²) in [5.74, 6) is 0. The van der Waals surface area contributed by atoms with E-state index < -0.39 is 0 Å². The number of fused-ring (bicyclic) bond motifs is 5. The third-order valence-corrected chi connectivity index (χ3v) is 9.57. The van der Waals surface area contributed by atoms with Crippen molar-refractivity contribution in [2.24, 2.45) is 0 Å². The number of rotatable bonds is 2. The topological polar surface area (TPSA) is 29.0 Å². The number of hydrogen-bond donors (Lipinski definition) is 0. The SMILES string of the molecule is c1ccc2c(c1)Sc1ccccc1N2c1ccc(B2c3ccccc3-c3ccnc4cccc2c34)c2cccnc12. The Morgan fingerprint density at radius 1 is 0.512 bits per heavy atom. The summed E-state index contributed by atoms with van der Waals surface area (Å²) >= 11 is 1.83. The molecule has 0 radical (unpaired) electrons. The highest BCUT2D eigenvalue weighted by Crippen LogP contribution is 2.52. The number of benzene rings is 5. The van der Waals surface area contributed by atoms with Crippen LogP contribution >= 0.6 is 11.8 Å². The minimum atomic E-state index is 0.0730. The summed E-state index contributed by atoms with van der Waals surface area (Å²) in [7, 11) is 0. The van der Waals surface area contributed by atoms with E-state index in [4.69, 9.17) is 9.97 Å². The van der Waals surface area contributed by atoms with Crippen LogP contribution in [0, 0.1) is 0 Å². The maximum Gasteiger partial charge on any atom is 0.243 e. The minimum absolute atomic E-state index is 0.0730. The summed E-state index contributed by atoms with van der Waals surface area (Å²) in [6, 6.07) is 43.7. The van der Waals surface area contributed by atoms with E-state index in [2.05, 4.69) is 126 Å². The van der Waals surface area contributed by atoms with Gasteiger partial charge in [-0.1, -0.05) is 101 Å². The molecule has 0 saturated heterocycles. The monoisotopic (exact) mass is 539 g/mol. The van der Waals surface area contributed by atoms with E-state index in [9.17, 15) is 0 Å². The Morgan fingerprint density at radius 3 is 2.12 bits per heavy atom. The zero-order valence-corrected chi connectivity index (χ0v) is 22.8. The molecular formula is C36H22BN3S. The van der Waals surface area contributed by atoms with E-state index in [1.165, 1.54) is 59.5 Å². The van der Waals surface area contributed by atoms with Crippen LogP contribution in [0.4, 0.5) is 17.1 Å². The van der Waals surface area contributed by atoms with E-state index in [1.54, 1.807) is 0 Å². The summed E-state index contributed by atoms with van der Waals surface area (Å²) in [6.07, 6.45) is 3.85. The number of pyridine rings is 2. The maximum atomic E-state index is 5.05. The fourth-order valence-electron chi connectivity index (χ4n) is 6.77.